The van der Waals surface area contributed by atoms with Gasteiger partial charge in [-0.1, -0.05) is 20.3 Å². The van der Waals surface area contributed by atoms with Gasteiger partial charge >= 0.3 is 12.0 Å². The van der Waals surface area contributed by atoms with Crippen molar-refractivity contribution >= 4 is 12.0 Å². The van der Waals surface area contributed by atoms with Crippen molar-refractivity contribution in [3.05, 3.63) is 0 Å². The number of likely N-dealkylation sites (tertiary alicyclic amines) is 1. The summed E-state index contributed by atoms with van der Waals surface area (Å²) in [7, 11) is 0. The predicted molar refractivity (Wildman–Crippen MR) is 83.2 cm³/mol. The number of nitrogens with zero attached hydrogens (tertiary/aromatic N) is 1. The first-order chi connectivity index (χ1) is 9.45. The third-order valence-corrected chi connectivity index (χ3v) is 5.63. The molecule has 2 amide bonds. The minimum absolute atomic E-state index is 0.160. The molecule has 0 aromatic rings. The number of piperidine rings is 1. The van der Waals surface area contributed by atoms with E-state index in [-0.39, 0.29) is 6.03 Å². The number of rotatable bonds is 4. The van der Waals surface area contributed by atoms with Crippen molar-refractivity contribution in [3.63, 3.8) is 0 Å². The van der Waals surface area contributed by atoms with Crippen molar-refractivity contribution in [2.45, 2.75) is 66.3 Å². The van der Waals surface area contributed by atoms with E-state index in [0.717, 1.165) is 32.4 Å². The van der Waals surface area contributed by atoms with Crippen LogP contribution in [0.4, 0.5) is 4.79 Å². The van der Waals surface area contributed by atoms with Gasteiger partial charge in [-0.3, -0.25) is 4.79 Å². The third kappa shape index (κ3) is 3.69. The summed E-state index contributed by atoms with van der Waals surface area (Å²) < 4.78 is 0. The average molecular weight is 298 g/mol. The number of hydrogen-bond donors (Lipinski definition) is 2. The highest BCUT2D eigenvalue weighted by Crippen LogP contribution is 2.35. The fourth-order valence-electron chi connectivity index (χ4n) is 2.37. The van der Waals surface area contributed by atoms with E-state index >= 15 is 0 Å². The molecule has 1 aliphatic rings. The number of carboxylic acids is 1. The van der Waals surface area contributed by atoms with Gasteiger partial charge in [-0.05, 0) is 46.0 Å². The third-order valence-electron chi connectivity index (χ3n) is 5.63. The Morgan fingerprint density at radius 2 is 1.67 bits per heavy atom. The lowest BCUT2D eigenvalue weighted by Crippen LogP contribution is -2.60. The van der Waals surface area contributed by atoms with E-state index in [9.17, 15) is 14.7 Å². The van der Waals surface area contributed by atoms with E-state index in [1.807, 2.05) is 0 Å². The second kappa shape index (κ2) is 5.85. The summed E-state index contributed by atoms with van der Waals surface area (Å²) in [5.74, 6) is -0.912. The van der Waals surface area contributed by atoms with Crippen LogP contribution in [0.5, 0.6) is 0 Å². The number of carboxylic acid groups (broad SMARTS) is 1. The monoisotopic (exact) mass is 298 g/mol. The van der Waals surface area contributed by atoms with Gasteiger partial charge in [0.15, 0.2) is 0 Å². The van der Waals surface area contributed by atoms with Crippen LogP contribution in [0.15, 0.2) is 0 Å². The average Bonchev–Trinajstić information content (AvgIpc) is 2.38. The predicted octanol–water partition coefficient (Wildman–Crippen LogP) is 3.10. The van der Waals surface area contributed by atoms with E-state index in [2.05, 4.69) is 19.2 Å². The minimum Gasteiger partial charge on any atom is -0.481 e. The van der Waals surface area contributed by atoms with Crippen molar-refractivity contribution < 1.29 is 14.7 Å². The molecule has 1 rings (SSSR count). The second-order valence-electron chi connectivity index (χ2n) is 7.64. The molecule has 0 aromatic carbocycles. The molecule has 0 unspecified atom stereocenters. The van der Waals surface area contributed by atoms with E-state index in [1.54, 1.807) is 32.6 Å². The van der Waals surface area contributed by atoms with Crippen LogP contribution in [0.3, 0.4) is 0 Å². The Balaban J connectivity index is 2.68. The van der Waals surface area contributed by atoms with E-state index in [4.69, 9.17) is 0 Å². The van der Waals surface area contributed by atoms with Gasteiger partial charge < -0.3 is 15.3 Å². The summed E-state index contributed by atoms with van der Waals surface area (Å²) in [5.41, 5.74) is -1.52. The van der Waals surface area contributed by atoms with Crippen molar-refractivity contribution in [2.24, 2.45) is 10.8 Å². The number of carbonyl (C=O) groups is 2. The zero-order valence-electron chi connectivity index (χ0n) is 14.2. The number of hydrogen-bond acceptors (Lipinski definition) is 2. The zero-order chi connectivity index (χ0) is 16.5. The lowest BCUT2D eigenvalue weighted by Gasteiger charge is -2.43. The molecule has 0 aromatic heterocycles. The summed E-state index contributed by atoms with van der Waals surface area (Å²) in [5, 5.41) is 12.2. The molecule has 0 radical (unpaired) electrons. The lowest BCUT2D eigenvalue weighted by molar-refractivity contribution is -0.150. The first kappa shape index (κ1) is 17.8. The van der Waals surface area contributed by atoms with Gasteiger partial charge in [0.25, 0.3) is 0 Å². The number of urea groups is 1. The van der Waals surface area contributed by atoms with Gasteiger partial charge in [0.2, 0.25) is 0 Å². The number of aliphatic carboxylic acids is 1. The molecule has 1 aliphatic heterocycles. The molecule has 0 atom stereocenters. The molecule has 21 heavy (non-hydrogen) atoms. The Labute approximate surface area is 128 Å². The molecule has 0 bridgehead atoms. The van der Waals surface area contributed by atoms with Gasteiger partial charge in [-0.25, -0.2) is 4.79 Å². The van der Waals surface area contributed by atoms with Crippen molar-refractivity contribution in [1.82, 2.24) is 10.2 Å². The Hall–Kier alpha value is -1.26. The van der Waals surface area contributed by atoms with Gasteiger partial charge in [0, 0.05) is 13.1 Å². The first-order valence-electron chi connectivity index (χ1n) is 7.76. The largest absolute Gasteiger partial charge is 0.481 e. The topological polar surface area (TPSA) is 69.6 Å². The molecule has 0 spiro atoms. The molecule has 1 saturated heterocycles. The molecule has 5 heteroatoms. The fourth-order valence-corrected chi connectivity index (χ4v) is 2.37. The standard InChI is InChI=1S/C16H30N2O3/c1-7-16(6)8-10-18(11-9-16)13(21)17-15(4,5)14(2,3)12(19)20/h7-11H2,1-6H3,(H,17,21)(H,19,20). The quantitative estimate of drug-likeness (QED) is 0.838. The van der Waals surface area contributed by atoms with Crippen molar-refractivity contribution in [2.75, 3.05) is 13.1 Å². The van der Waals surface area contributed by atoms with Crippen LogP contribution in [0.25, 0.3) is 0 Å². The van der Waals surface area contributed by atoms with Gasteiger partial charge in [-0.15, -0.1) is 0 Å². The molecule has 2 N–H and O–H groups in total. The maximum absolute atomic E-state index is 12.4. The Morgan fingerprint density at radius 1 is 1.19 bits per heavy atom. The van der Waals surface area contributed by atoms with Crippen molar-refractivity contribution in [1.29, 1.82) is 0 Å². The summed E-state index contributed by atoms with van der Waals surface area (Å²) in [6.45, 7) is 12.7. The molecule has 1 heterocycles. The molecule has 1 fully saturated rings. The molecular weight excluding hydrogens is 268 g/mol. The highest BCUT2D eigenvalue weighted by Gasteiger charge is 2.45. The summed E-state index contributed by atoms with van der Waals surface area (Å²) in [4.78, 5) is 25.6. The molecule has 0 saturated carbocycles. The smallest absolute Gasteiger partial charge is 0.317 e. The highest BCUT2D eigenvalue weighted by atomic mass is 16.4. The minimum atomic E-state index is -1.03. The van der Waals surface area contributed by atoms with E-state index in [0.29, 0.717) is 5.41 Å². The SMILES string of the molecule is CCC1(C)CCN(C(=O)NC(C)(C)C(C)(C)C(=O)O)CC1. The Kier molecular flexibility index (Phi) is 4.96. The van der Waals surface area contributed by atoms with Crippen LogP contribution in [0, 0.1) is 10.8 Å². The number of carbonyl (C=O) groups excluding carboxylic acids is 1. The maximum atomic E-state index is 12.4. The van der Waals surface area contributed by atoms with Gasteiger partial charge in [0.05, 0.1) is 11.0 Å². The van der Waals surface area contributed by atoms with Crippen LogP contribution in [0.2, 0.25) is 0 Å². The summed E-state index contributed by atoms with van der Waals surface area (Å²) in [6, 6.07) is -0.160. The lowest BCUT2D eigenvalue weighted by atomic mass is 9.74. The van der Waals surface area contributed by atoms with E-state index in [1.165, 1.54) is 0 Å². The Morgan fingerprint density at radius 3 is 2.05 bits per heavy atom. The molecule has 122 valence electrons. The highest BCUT2D eigenvalue weighted by molar-refractivity contribution is 5.79. The van der Waals surface area contributed by atoms with Crippen LogP contribution in [-0.4, -0.2) is 40.6 Å². The molecule has 5 nitrogen and oxygen atoms in total. The van der Waals surface area contributed by atoms with Gasteiger partial charge in [0.1, 0.15) is 0 Å². The fraction of sp³-hybridized carbons (Fsp3) is 0.875. The second-order valence-corrected chi connectivity index (χ2v) is 7.64. The first-order valence-corrected chi connectivity index (χ1v) is 7.76. The van der Waals surface area contributed by atoms with Gasteiger partial charge in [-0.2, -0.15) is 0 Å². The number of nitrogens with one attached hydrogen (secondary N) is 1. The summed E-state index contributed by atoms with van der Waals surface area (Å²) >= 11 is 0. The normalized spacial score (nSPS) is 19.2. The number of amides is 2. The Bertz CT molecular complexity index is 408. The summed E-state index contributed by atoms with van der Waals surface area (Å²) in [6.07, 6.45) is 3.12. The van der Waals surface area contributed by atoms with Crippen LogP contribution in [-0.2, 0) is 4.79 Å². The van der Waals surface area contributed by atoms with Crippen LogP contribution < -0.4 is 5.32 Å². The van der Waals surface area contributed by atoms with Crippen LogP contribution in [0.1, 0.15) is 60.8 Å². The molecular formula is C16H30N2O3. The maximum Gasteiger partial charge on any atom is 0.317 e. The van der Waals surface area contributed by atoms with Crippen LogP contribution >= 0.6 is 0 Å². The molecule has 0 aliphatic carbocycles. The van der Waals surface area contributed by atoms with E-state index < -0.39 is 16.9 Å². The van der Waals surface area contributed by atoms with Crippen molar-refractivity contribution in [3.8, 4) is 0 Å². The zero-order valence-corrected chi connectivity index (χ0v) is 14.2.